The number of nitrogens with zero attached hydrogens (tertiary/aromatic N) is 1. The maximum absolute atomic E-state index is 10.9. The van der Waals surface area contributed by atoms with Crippen molar-refractivity contribution in [1.82, 2.24) is 0 Å². The van der Waals surface area contributed by atoms with Crippen molar-refractivity contribution in [1.29, 1.82) is 0 Å². The molecule has 0 saturated carbocycles. The van der Waals surface area contributed by atoms with Crippen LogP contribution in [0.1, 0.15) is 26.3 Å². The van der Waals surface area contributed by atoms with Crippen LogP contribution in [0, 0.1) is 10.1 Å². The highest BCUT2D eigenvalue weighted by molar-refractivity contribution is 6.17. The number of hydrogen-bond acceptors (Lipinski definition) is 4. The first-order valence-corrected chi connectivity index (χ1v) is 6.47. The van der Waals surface area contributed by atoms with Crippen molar-refractivity contribution >= 4 is 17.3 Å². The monoisotopic (exact) mass is 287 g/mol. The number of hydrogen-bond donors (Lipinski definition) is 0. The van der Waals surface area contributed by atoms with Gasteiger partial charge in [-0.25, -0.2) is 0 Å². The molecule has 1 rings (SSSR count). The molecule has 0 radical (unpaired) electrons. The van der Waals surface area contributed by atoms with E-state index in [0.717, 1.165) is 0 Å². The fourth-order valence-corrected chi connectivity index (χ4v) is 1.58. The molecule has 5 nitrogen and oxygen atoms in total. The zero-order chi connectivity index (χ0) is 14.5. The van der Waals surface area contributed by atoms with Crippen molar-refractivity contribution in [2.45, 2.75) is 32.3 Å². The molecule has 106 valence electrons. The van der Waals surface area contributed by atoms with Crippen LogP contribution in [0.3, 0.4) is 0 Å². The summed E-state index contributed by atoms with van der Waals surface area (Å²) in [6.07, 6.45) is 0. The molecule has 0 bridgehead atoms. The second kappa shape index (κ2) is 6.73. The van der Waals surface area contributed by atoms with Crippen molar-refractivity contribution in [2.75, 3.05) is 13.2 Å². The quantitative estimate of drug-likeness (QED) is 0.347. The summed E-state index contributed by atoms with van der Waals surface area (Å²) in [7, 11) is 0. The van der Waals surface area contributed by atoms with Gasteiger partial charge < -0.3 is 9.47 Å². The van der Waals surface area contributed by atoms with Crippen molar-refractivity contribution in [2.24, 2.45) is 0 Å². The van der Waals surface area contributed by atoms with Crippen molar-refractivity contribution in [3.63, 3.8) is 0 Å². The van der Waals surface area contributed by atoms with Gasteiger partial charge in [-0.15, -0.1) is 11.6 Å². The molecule has 1 aromatic rings. The van der Waals surface area contributed by atoms with E-state index in [0.29, 0.717) is 12.2 Å². The van der Waals surface area contributed by atoms with Crippen LogP contribution in [0.25, 0.3) is 0 Å². The predicted octanol–water partition coefficient (Wildman–Crippen LogP) is 3.53. The zero-order valence-corrected chi connectivity index (χ0v) is 12.1. The van der Waals surface area contributed by atoms with Crippen LogP contribution in [-0.2, 0) is 10.6 Å². The van der Waals surface area contributed by atoms with Crippen molar-refractivity contribution < 1.29 is 14.4 Å². The lowest BCUT2D eigenvalue weighted by molar-refractivity contribution is -0.385. The highest BCUT2D eigenvalue weighted by atomic mass is 35.5. The van der Waals surface area contributed by atoms with E-state index in [4.69, 9.17) is 21.1 Å². The highest BCUT2D eigenvalue weighted by Gasteiger charge is 2.16. The van der Waals surface area contributed by atoms with Crippen LogP contribution >= 0.6 is 11.6 Å². The molecule has 0 fully saturated rings. The second-order valence-electron chi connectivity index (χ2n) is 5.00. The highest BCUT2D eigenvalue weighted by Crippen LogP contribution is 2.28. The van der Waals surface area contributed by atoms with Crippen LogP contribution in [0.5, 0.6) is 5.75 Å². The number of ether oxygens (including phenoxy) is 2. The zero-order valence-electron chi connectivity index (χ0n) is 11.3. The van der Waals surface area contributed by atoms with Gasteiger partial charge in [-0.3, -0.25) is 10.1 Å². The molecule has 0 N–H and O–H groups in total. The number of nitro benzene ring substituents is 1. The molecular formula is C13H18ClNO4. The summed E-state index contributed by atoms with van der Waals surface area (Å²) in [4.78, 5) is 10.5. The standard InChI is InChI=1S/C13H18ClNO4/c1-13(2,3)19-7-6-18-12-5-4-10(9-14)8-11(12)15(16)17/h4-5,8H,6-7,9H2,1-3H3. The normalized spacial score (nSPS) is 11.4. The minimum absolute atomic E-state index is 0.0751. The molecule has 0 saturated heterocycles. The third kappa shape index (κ3) is 5.44. The fraction of sp³-hybridized carbons (Fsp3) is 0.538. The van der Waals surface area contributed by atoms with Gasteiger partial charge in [0, 0.05) is 11.9 Å². The number of alkyl halides is 1. The van der Waals surface area contributed by atoms with E-state index in [1.807, 2.05) is 20.8 Å². The lowest BCUT2D eigenvalue weighted by Gasteiger charge is -2.19. The molecular weight excluding hydrogens is 270 g/mol. The average Bonchev–Trinajstić information content (AvgIpc) is 2.33. The molecule has 0 aliphatic rings. The summed E-state index contributed by atoms with van der Waals surface area (Å²) in [6.45, 7) is 6.44. The second-order valence-corrected chi connectivity index (χ2v) is 5.27. The molecule has 0 heterocycles. The Morgan fingerprint density at radius 1 is 1.32 bits per heavy atom. The average molecular weight is 288 g/mol. The predicted molar refractivity (Wildman–Crippen MR) is 73.9 cm³/mol. The van der Waals surface area contributed by atoms with E-state index >= 15 is 0 Å². The Labute approximate surface area is 117 Å². The molecule has 0 atom stereocenters. The maximum Gasteiger partial charge on any atom is 0.311 e. The number of rotatable bonds is 6. The molecule has 0 spiro atoms. The molecule has 0 aromatic heterocycles. The number of nitro groups is 1. The van der Waals surface area contributed by atoms with Crippen LogP contribution in [0.15, 0.2) is 18.2 Å². The smallest absolute Gasteiger partial charge is 0.311 e. The molecule has 6 heteroatoms. The number of benzene rings is 1. The minimum Gasteiger partial charge on any atom is -0.484 e. The van der Waals surface area contributed by atoms with Gasteiger partial charge in [0.2, 0.25) is 0 Å². The molecule has 1 aromatic carbocycles. The molecule has 0 aliphatic carbocycles. The lowest BCUT2D eigenvalue weighted by atomic mass is 10.2. The van der Waals surface area contributed by atoms with Gasteiger partial charge in [-0.2, -0.15) is 0 Å². The Balaban J connectivity index is 2.65. The van der Waals surface area contributed by atoms with Gasteiger partial charge in [0.1, 0.15) is 6.61 Å². The van der Waals surface area contributed by atoms with E-state index in [1.54, 1.807) is 12.1 Å². The number of halogens is 1. The summed E-state index contributed by atoms with van der Waals surface area (Å²) in [5.74, 6) is 0.463. The fourth-order valence-electron chi connectivity index (χ4n) is 1.41. The summed E-state index contributed by atoms with van der Waals surface area (Å²) < 4.78 is 10.9. The van der Waals surface area contributed by atoms with Crippen LogP contribution < -0.4 is 4.74 Å². The molecule has 0 aliphatic heterocycles. The first kappa shape index (κ1) is 15.7. The van der Waals surface area contributed by atoms with Gasteiger partial charge in [0.05, 0.1) is 17.1 Å². The Morgan fingerprint density at radius 2 is 2.00 bits per heavy atom. The maximum atomic E-state index is 10.9. The SMILES string of the molecule is CC(C)(C)OCCOc1ccc(CCl)cc1[N+](=O)[O-]. The topological polar surface area (TPSA) is 61.6 Å². The Morgan fingerprint density at radius 3 is 2.53 bits per heavy atom. The van der Waals surface area contributed by atoms with Gasteiger partial charge in [-0.1, -0.05) is 6.07 Å². The van der Waals surface area contributed by atoms with E-state index in [1.165, 1.54) is 6.07 Å². The summed E-state index contributed by atoms with van der Waals surface area (Å²) in [5, 5.41) is 10.9. The third-order valence-corrected chi connectivity index (χ3v) is 2.56. The van der Waals surface area contributed by atoms with E-state index in [2.05, 4.69) is 0 Å². The Bertz CT molecular complexity index is 443. The molecule has 0 unspecified atom stereocenters. The van der Waals surface area contributed by atoms with Crippen LogP contribution in [0.4, 0.5) is 5.69 Å². The summed E-state index contributed by atoms with van der Waals surface area (Å²) >= 11 is 5.65. The van der Waals surface area contributed by atoms with E-state index in [-0.39, 0.29) is 29.5 Å². The summed E-state index contributed by atoms with van der Waals surface area (Å²) in [5.41, 5.74) is 0.359. The van der Waals surface area contributed by atoms with Crippen molar-refractivity contribution in [3.8, 4) is 5.75 Å². The largest absolute Gasteiger partial charge is 0.484 e. The molecule has 19 heavy (non-hydrogen) atoms. The van der Waals surface area contributed by atoms with Crippen molar-refractivity contribution in [3.05, 3.63) is 33.9 Å². The van der Waals surface area contributed by atoms with Crippen LogP contribution in [-0.4, -0.2) is 23.7 Å². The van der Waals surface area contributed by atoms with Gasteiger partial charge in [0.15, 0.2) is 5.75 Å². The Kier molecular flexibility index (Phi) is 5.57. The Hall–Kier alpha value is -1.33. The first-order valence-electron chi connectivity index (χ1n) is 5.93. The first-order chi connectivity index (χ1) is 8.83. The lowest BCUT2D eigenvalue weighted by Crippen LogP contribution is -2.22. The minimum atomic E-state index is -0.476. The van der Waals surface area contributed by atoms with Gasteiger partial charge in [-0.05, 0) is 32.4 Å². The van der Waals surface area contributed by atoms with E-state index in [9.17, 15) is 10.1 Å². The third-order valence-electron chi connectivity index (χ3n) is 2.25. The molecule has 0 amide bonds. The van der Waals surface area contributed by atoms with Crippen LogP contribution in [0.2, 0.25) is 0 Å². The van der Waals surface area contributed by atoms with Gasteiger partial charge in [0.25, 0.3) is 0 Å². The van der Waals surface area contributed by atoms with Gasteiger partial charge >= 0.3 is 5.69 Å². The van der Waals surface area contributed by atoms with E-state index < -0.39 is 4.92 Å². The summed E-state index contributed by atoms with van der Waals surface area (Å²) in [6, 6.07) is 4.69.